The molecular weight excluding hydrogens is 389 g/mol. The molecule has 3 aromatic rings. The Morgan fingerprint density at radius 3 is 2.68 bits per heavy atom. The van der Waals surface area contributed by atoms with E-state index >= 15 is 0 Å². The van der Waals surface area contributed by atoms with Gasteiger partial charge < -0.3 is 15.5 Å². The van der Waals surface area contributed by atoms with Gasteiger partial charge in [-0.25, -0.2) is 4.39 Å². The van der Waals surface area contributed by atoms with E-state index in [0.29, 0.717) is 16.3 Å². The maximum absolute atomic E-state index is 14.7. The molecule has 0 saturated heterocycles. The number of carbonyl (C=O) groups excluding carboxylic acids is 1. The van der Waals surface area contributed by atoms with Crippen molar-refractivity contribution in [2.75, 3.05) is 24.5 Å². The fraction of sp³-hybridized carbons (Fsp3) is 0.167. The van der Waals surface area contributed by atoms with Crippen LogP contribution < -0.4 is 15.5 Å². The third-order valence-electron chi connectivity index (χ3n) is 4.26. The van der Waals surface area contributed by atoms with Gasteiger partial charge in [0.2, 0.25) is 0 Å². The Labute approximate surface area is 159 Å². The van der Waals surface area contributed by atoms with Crippen molar-refractivity contribution in [2.24, 2.45) is 5.73 Å². The number of hydroxylamine groups is 1. The average molecular weight is 405 g/mol. The van der Waals surface area contributed by atoms with E-state index < -0.39 is 21.8 Å². The molecule has 1 aliphatic rings. The number of anilines is 1. The number of hydrogen-bond acceptors (Lipinski definition) is 6. The maximum Gasteiger partial charge on any atom is 0.285 e. The fourth-order valence-corrected chi connectivity index (χ4v) is 3.69. The number of aromatic nitrogens is 1. The normalized spacial score (nSPS) is 13.5. The summed E-state index contributed by atoms with van der Waals surface area (Å²) in [5.74, 6) is -1.13. The molecular formula is C18H16FN3O5S. The van der Waals surface area contributed by atoms with Crippen molar-refractivity contribution >= 4 is 32.5 Å². The summed E-state index contributed by atoms with van der Waals surface area (Å²) in [7, 11) is -4.00. The first-order chi connectivity index (χ1) is 13.3. The van der Waals surface area contributed by atoms with Gasteiger partial charge in [-0.3, -0.25) is 4.79 Å². The molecule has 2 heterocycles. The summed E-state index contributed by atoms with van der Waals surface area (Å²) in [6.07, 6.45) is 2.50. The van der Waals surface area contributed by atoms with Crippen LogP contribution in [0.5, 0.6) is 5.75 Å². The quantitative estimate of drug-likeness (QED) is 0.650. The van der Waals surface area contributed by atoms with Crippen LogP contribution in [0.4, 0.5) is 10.1 Å². The number of nitrogens with two attached hydrogens (primary N) is 1. The minimum atomic E-state index is -4.00. The Kier molecular flexibility index (Phi) is 4.33. The van der Waals surface area contributed by atoms with Crippen LogP contribution in [0.1, 0.15) is 10.4 Å². The lowest BCUT2D eigenvalue weighted by Crippen LogP contribution is -2.29. The Morgan fingerprint density at radius 2 is 2.04 bits per heavy atom. The zero-order valence-electron chi connectivity index (χ0n) is 14.7. The summed E-state index contributed by atoms with van der Waals surface area (Å²) < 4.78 is 48.5. The molecule has 0 bridgehead atoms. The smallest absolute Gasteiger partial charge is 0.285 e. The van der Waals surface area contributed by atoms with Crippen molar-refractivity contribution < 1.29 is 26.6 Å². The van der Waals surface area contributed by atoms with E-state index in [1.807, 2.05) is 0 Å². The molecule has 0 aliphatic carbocycles. The van der Waals surface area contributed by atoms with Gasteiger partial charge in [0.05, 0.1) is 22.9 Å². The number of amides is 1. The first-order valence-electron chi connectivity index (χ1n) is 8.31. The highest BCUT2D eigenvalue weighted by atomic mass is 32.2. The van der Waals surface area contributed by atoms with Crippen LogP contribution >= 0.6 is 0 Å². The minimum absolute atomic E-state index is 0.0595. The topological polar surface area (TPSA) is 115 Å². The molecule has 0 saturated carbocycles. The van der Waals surface area contributed by atoms with E-state index in [1.165, 1.54) is 12.1 Å². The van der Waals surface area contributed by atoms with Crippen molar-refractivity contribution in [3.8, 4) is 17.0 Å². The van der Waals surface area contributed by atoms with Crippen LogP contribution in [-0.2, 0) is 14.4 Å². The van der Waals surface area contributed by atoms with Gasteiger partial charge in [0.1, 0.15) is 18.2 Å². The number of nitrogens with one attached hydrogen (secondary N) is 1. The number of nitrogens with zero attached hydrogens (tertiary/aromatic N) is 1. The van der Waals surface area contributed by atoms with Gasteiger partial charge in [-0.1, -0.05) is 0 Å². The Morgan fingerprint density at radius 1 is 1.25 bits per heavy atom. The molecule has 146 valence electrons. The highest BCUT2D eigenvalue weighted by Gasteiger charge is 2.38. The molecule has 3 N–H and O–H groups in total. The van der Waals surface area contributed by atoms with Crippen LogP contribution in [0.25, 0.3) is 22.0 Å². The summed E-state index contributed by atoms with van der Waals surface area (Å²) in [5, 5.41) is 0.933. The summed E-state index contributed by atoms with van der Waals surface area (Å²) in [6, 6.07) is 7.43. The van der Waals surface area contributed by atoms with Crippen LogP contribution in [0.15, 0.2) is 36.5 Å². The second-order valence-corrected chi connectivity index (χ2v) is 7.77. The molecule has 2 aromatic carbocycles. The zero-order chi connectivity index (χ0) is 20.1. The number of aromatic amines is 1. The molecule has 8 nitrogen and oxygen atoms in total. The fourth-order valence-electron chi connectivity index (χ4n) is 3.28. The van der Waals surface area contributed by atoms with Gasteiger partial charge in [-0.05, 0) is 30.3 Å². The molecule has 0 atom stereocenters. The summed E-state index contributed by atoms with van der Waals surface area (Å²) in [6.45, 7) is 0.352. The Hall–Kier alpha value is -2.95. The van der Waals surface area contributed by atoms with Gasteiger partial charge in [0.15, 0.2) is 0 Å². The molecule has 1 amide bonds. The molecule has 1 aromatic heterocycles. The predicted octanol–water partition coefficient (Wildman–Crippen LogP) is 2.16. The molecule has 0 fully saturated rings. The number of halogens is 1. The Balaban J connectivity index is 2.06. The van der Waals surface area contributed by atoms with Crippen molar-refractivity contribution in [1.29, 1.82) is 0 Å². The van der Waals surface area contributed by atoms with E-state index in [0.717, 1.165) is 12.3 Å². The van der Waals surface area contributed by atoms with Gasteiger partial charge in [0, 0.05) is 29.4 Å². The molecule has 28 heavy (non-hydrogen) atoms. The zero-order valence-corrected chi connectivity index (χ0v) is 15.5. The van der Waals surface area contributed by atoms with E-state index in [4.69, 9.17) is 14.8 Å². The van der Waals surface area contributed by atoms with Gasteiger partial charge in [-0.15, -0.1) is 4.28 Å². The highest BCUT2D eigenvalue weighted by Crippen LogP contribution is 2.47. The minimum Gasteiger partial charge on any atom is -0.491 e. The van der Waals surface area contributed by atoms with Crippen LogP contribution in [0.3, 0.4) is 0 Å². The SMILES string of the molecule is CS(=O)(=O)ON1C(=O)c2c(-c3ccc[nH]3)cc(OCCN)c3c(F)ccc1c23. The predicted molar refractivity (Wildman–Crippen MR) is 101 cm³/mol. The molecule has 0 radical (unpaired) electrons. The number of benzene rings is 2. The molecule has 4 rings (SSSR count). The second kappa shape index (κ2) is 6.59. The number of rotatable bonds is 6. The summed E-state index contributed by atoms with van der Waals surface area (Å²) >= 11 is 0. The first-order valence-corrected chi connectivity index (χ1v) is 10.1. The van der Waals surface area contributed by atoms with E-state index in [2.05, 4.69) is 4.98 Å². The second-order valence-electron chi connectivity index (χ2n) is 6.21. The average Bonchev–Trinajstić information content (AvgIpc) is 3.25. The Bertz CT molecular complexity index is 1190. The molecule has 1 aliphatic heterocycles. The monoisotopic (exact) mass is 405 g/mol. The lowest BCUT2D eigenvalue weighted by Gasteiger charge is -2.14. The van der Waals surface area contributed by atoms with Crippen molar-refractivity contribution in [1.82, 2.24) is 4.98 Å². The third kappa shape index (κ3) is 2.91. The van der Waals surface area contributed by atoms with E-state index in [-0.39, 0.29) is 40.9 Å². The first kappa shape index (κ1) is 18.4. The molecule has 0 spiro atoms. The van der Waals surface area contributed by atoms with E-state index in [1.54, 1.807) is 18.3 Å². The highest BCUT2D eigenvalue weighted by molar-refractivity contribution is 7.86. The van der Waals surface area contributed by atoms with Gasteiger partial charge in [0.25, 0.3) is 16.0 Å². The van der Waals surface area contributed by atoms with E-state index in [9.17, 15) is 17.6 Å². The largest absolute Gasteiger partial charge is 0.491 e. The van der Waals surface area contributed by atoms with Crippen molar-refractivity contribution in [3.63, 3.8) is 0 Å². The van der Waals surface area contributed by atoms with Crippen molar-refractivity contribution in [3.05, 3.63) is 47.9 Å². The summed E-state index contributed by atoms with van der Waals surface area (Å²) in [5.41, 5.74) is 6.76. The van der Waals surface area contributed by atoms with Gasteiger partial charge in [-0.2, -0.15) is 13.5 Å². The number of hydrogen-bond donors (Lipinski definition) is 2. The number of H-pyrrole nitrogens is 1. The maximum atomic E-state index is 14.7. The molecule has 0 unspecified atom stereocenters. The standard InChI is InChI=1S/C18H16FN3O5S/c1-28(24,25)27-22-13-5-4-11(19)16-14(26-8-6-20)9-10(12-3-2-7-21-12)15(17(13)16)18(22)23/h2-5,7,9,21H,6,8,20H2,1H3. The van der Waals surface area contributed by atoms with Crippen LogP contribution in [-0.4, -0.2) is 38.7 Å². The lowest BCUT2D eigenvalue weighted by molar-refractivity contribution is 0.0897. The summed E-state index contributed by atoms with van der Waals surface area (Å²) in [4.78, 5) is 16.0. The van der Waals surface area contributed by atoms with Crippen LogP contribution in [0, 0.1) is 5.82 Å². The van der Waals surface area contributed by atoms with Crippen molar-refractivity contribution in [2.45, 2.75) is 0 Å². The van der Waals surface area contributed by atoms with Gasteiger partial charge >= 0.3 is 0 Å². The number of carbonyl (C=O) groups is 1. The third-order valence-corrected chi connectivity index (χ3v) is 4.68. The molecule has 10 heteroatoms. The van der Waals surface area contributed by atoms with Crippen LogP contribution in [0.2, 0.25) is 0 Å². The lowest BCUT2D eigenvalue weighted by atomic mass is 9.96. The number of ether oxygens (including phenoxy) is 1.